The van der Waals surface area contributed by atoms with Crippen molar-refractivity contribution in [2.75, 3.05) is 13.1 Å². The zero-order valence-corrected chi connectivity index (χ0v) is 12.9. The second-order valence-electron chi connectivity index (χ2n) is 4.30. The fourth-order valence-corrected chi connectivity index (χ4v) is 2.65. The SMILES string of the molecule is NCC#Cc1ccc(C(=O)NCCc2ccc(Cl)cc2)s1. The molecule has 108 valence electrons. The highest BCUT2D eigenvalue weighted by molar-refractivity contribution is 7.14. The second-order valence-corrected chi connectivity index (χ2v) is 5.82. The lowest BCUT2D eigenvalue weighted by molar-refractivity contribution is 0.0958. The van der Waals surface area contributed by atoms with Gasteiger partial charge in [-0.15, -0.1) is 11.3 Å². The summed E-state index contributed by atoms with van der Waals surface area (Å²) in [5.74, 6) is 5.62. The van der Waals surface area contributed by atoms with Crippen molar-refractivity contribution >= 4 is 28.8 Å². The quantitative estimate of drug-likeness (QED) is 0.852. The van der Waals surface area contributed by atoms with Crippen molar-refractivity contribution in [3.8, 4) is 11.8 Å². The summed E-state index contributed by atoms with van der Waals surface area (Å²) in [5.41, 5.74) is 6.46. The highest BCUT2D eigenvalue weighted by atomic mass is 35.5. The molecule has 21 heavy (non-hydrogen) atoms. The lowest BCUT2D eigenvalue weighted by Gasteiger charge is -2.04. The van der Waals surface area contributed by atoms with Crippen LogP contribution in [0.2, 0.25) is 5.02 Å². The molecule has 0 saturated heterocycles. The molecule has 0 aliphatic rings. The molecule has 3 nitrogen and oxygen atoms in total. The predicted octanol–water partition coefficient (Wildman–Crippen LogP) is 2.68. The van der Waals surface area contributed by atoms with Gasteiger partial charge in [-0.1, -0.05) is 35.6 Å². The molecule has 0 spiro atoms. The number of benzene rings is 1. The molecule has 2 aromatic rings. The predicted molar refractivity (Wildman–Crippen MR) is 87.7 cm³/mol. The van der Waals surface area contributed by atoms with Gasteiger partial charge in [0.05, 0.1) is 16.3 Å². The van der Waals surface area contributed by atoms with E-state index in [2.05, 4.69) is 17.2 Å². The van der Waals surface area contributed by atoms with E-state index in [0.717, 1.165) is 16.9 Å². The minimum absolute atomic E-state index is 0.0743. The Morgan fingerprint density at radius 1 is 1.24 bits per heavy atom. The van der Waals surface area contributed by atoms with E-state index in [4.69, 9.17) is 17.3 Å². The second kappa shape index (κ2) is 7.84. The van der Waals surface area contributed by atoms with Crippen molar-refractivity contribution in [3.63, 3.8) is 0 Å². The first-order valence-corrected chi connectivity index (χ1v) is 7.70. The Morgan fingerprint density at radius 2 is 2.00 bits per heavy atom. The maximum Gasteiger partial charge on any atom is 0.261 e. The van der Waals surface area contributed by atoms with Gasteiger partial charge in [-0.3, -0.25) is 4.79 Å². The van der Waals surface area contributed by atoms with Crippen LogP contribution in [0, 0.1) is 11.8 Å². The van der Waals surface area contributed by atoms with Crippen LogP contribution in [-0.4, -0.2) is 19.0 Å². The zero-order valence-electron chi connectivity index (χ0n) is 11.4. The lowest BCUT2D eigenvalue weighted by atomic mass is 10.1. The molecular weight excluding hydrogens is 304 g/mol. The van der Waals surface area contributed by atoms with E-state index in [-0.39, 0.29) is 5.91 Å². The minimum atomic E-state index is -0.0743. The molecule has 0 radical (unpaired) electrons. The van der Waals surface area contributed by atoms with Crippen LogP contribution >= 0.6 is 22.9 Å². The fraction of sp³-hybridized carbons (Fsp3) is 0.188. The number of thiophene rings is 1. The molecule has 0 fully saturated rings. The van der Waals surface area contributed by atoms with Crippen LogP contribution in [0.1, 0.15) is 20.1 Å². The Hall–Kier alpha value is -1.80. The van der Waals surface area contributed by atoms with Crippen LogP contribution in [0.25, 0.3) is 0 Å². The largest absolute Gasteiger partial charge is 0.351 e. The normalized spacial score (nSPS) is 9.81. The van der Waals surface area contributed by atoms with Crippen molar-refractivity contribution in [1.29, 1.82) is 0 Å². The van der Waals surface area contributed by atoms with Crippen LogP contribution < -0.4 is 11.1 Å². The van der Waals surface area contributed by atoms with Crippen LogP contribution in [-0.2, 0) is 6.42 Å². The number of carbonyl (C=O) groups excluding carboxylic acids is 1. The van der Waals surface area contributed by atoms with Gasteiger partial charge in [-0.2, -0.15) is 0 Å². The third kappa shape index (κ3) is 4.91. The number of hydrogen-bond donors (Lipinski definition) is 2. The number of amides is 1. The van der Waals surface area contributed by atoms with Crippen molar-refractivity contribution < 1.29 is 4.79 Å². The lowest BCUT2D eigenvalue weighted by Crippen LogP contribution is -2.24. The highest BCUT2D eigenvalue weighted by Gasteiger charge is 2.07. The molecule has 0 aliphatic carbocycles. The summed E-state index contributed by atoms with van der Waals surface area (Å²) in [6.07, 6.45) is 0.772. The van der Waals surface area contributed by atoms with Gasteiger partial charge >= 0.3 is 0 Å². The van der Waals surface area contributed by atoms with Crippen molar-refractivity contribution in [3.05, 3.63) is 56.7 Å². The first-order chi connectivity index (χ1) is 10.2. The summed E-state index contributed by atoms with van der Waals surface area (Å²) in [5, 5.41) is 3.61. The molecule has 2 rings (SSSR count). The van der Waals surface area contributed by atoms with Gasteiger partial charge in [0.15, 0.2) is 0 Å². The number of nitrogens with two attached hydrogens (primary N) is 1. The van der Waals surface area contributed by atoms with Crippen LogP contribution in [0.4, 0.5) is 0 Å². The molecule has 0 atom stereocenters. The molecule has 5 heteroatoms. The zero-order chi connectivity index (χ0) is 15.1. The van der Waals surface area contributed by atoms with Gasteiger partial charge in [-0.25, -0.2) is 0 Å². The van der Waals surface area contributed by atoms with E-state index < -0.39 is 0 Å². The molecule has 0 bridgehead atoms. The van der Waals surface area contributed by atoms with Crippen molar-refractivity contribution in [1.82, 2.24) is 5.32 Å². The van der Waals surface area contributed by atoms with Gasteiger partial charge in [-0.05, 0) is 36.2 Å². The van der Waals surface area contributed by atoms with Gasteiger partial charge in [0, 0.05) is 11.6 Å². The molecule has 1 amide bonds. The number of hydrogen-bond acceptors (Lipinski definition) is 3. The highest BCUT2D eigenvalue weighted by Crippen LogP contribution is 2.15. The van der Waals surface area contributed by atoms with E-state index in [1.807, 2.05) is 30.3 Å². The molecule has 0 unspecified atom stereocenters. The van der Waals surface area contributed by atoms with Gasteiger partial charge in [0.2, 0.25) is 0 Å². The molecule has 0 saturated carbocycles. The third-order valence-corrected chi connectivity index (χ3v) is 4.01. The molecular formula is C16H15ClN2OS. The Morgan fingerprint density at radius 3 is 2.71 bits per heavy atom. The average Bonchev–Trinajstić information content (AvgIpc) is 2.96. The van der Waals surface area contributed by atoms with E-state index >= 15 is 0 Å². The number of halogens is 1. The topological polar surface area (TPSA) is 55.1 Å². The van der Waals surface area contributed by atoms with Gasteiger partial charge in [0.1, 0.15) is 0 Å². The molecule has 1 aromatic carbocycles. The number of rotatable bonds is 4. The van der Waals surface area contributed by atoms with E-state index in [0.29, 0.717) is 23.0 Å². The monoisotopic (exact) mass is 318 g/mol. The minimum Gasteiger partial charge on any atom is -0.351 e. The Balaban J connectivity index is 1.84. The molecule has 3 N–H and O–H groups in total. The standard InChI is InChI=1S/C16H15ClN2OS/c17-13-5-3-12(4-6-13)9-11-19-16(20)15-8-7-14(21-15)2-1-10-18/h3-8H,9-11,18H2,(H,19,20). The van der Waals surface area contributed by atoms with E-state index in [1.54, 1.807) is 6.07 Å². The fourth-order valence-electron chi connectivity index (χ4n) is 1.72. The van der Waals surface area contributed by atoms with Crippen molar-refractivity contribution in [2.45, 2.75) is 6.42 Å². The van der Waals surface area contributed by atoms with Crippen LogP contribution in [0.5, 0.6) is 0 Å². The summed E-state index contributed by atoms with van der Waals surface area (Å²) in [6, 6.07) is 11.2. The molecule has 1 aromatic heterocycles. The maximum atomic E-state index is 12.0. The summed E-state index contributed by atoms with van der Waals surface area (Å²) >= 11 is 7.20. The Labute approximate surface area is 133 Å². The van der Waals surface area contributed by atoms with E-state index in [1.165, 1.54) is 11.3 Å². The Bertz CT molecular complexity index is 668. The Kier molecular flexibility index (Phi) is 5.82. The van der Waals surface area contributed by atoms with Gasteiger partial charge < -0.3 is 11.1 Å². The van der Waals surface area contributed by atoms with Crippen LogP contribution in [0.15, 0.2) is 36.4 Å². The smallest absolute Gasteiger partial charge is 0.261 e. The first kappa shape index (κ1) is 15.6. The summed E-state index contributed by atoms with van der Waals surface area (Å²) < 4.78 is 0. The molecule has 1 heterocycles. The average molecular weight is 319 g/mol. The maximum absolute atomic E-state index is 12.0. The summed E-state index contributed by atoms with van der Waals surface area (Å²) in [6.45, 7) is 0.905. The van der Waals surface area contributed by atoms with Crippen molar-refractivity contribution in [2.24, 2.45) is 5.73 Å². The number of carbonyl (C=O) groups is 1. The third-order valence-electron chi connectivity index (χ3n) is 2.76. The first-order valence-electron chi connectivity index (χ1n) is 6.50. The molecule has 0 aliphatic heterocycles. The van der Waals surface area contributed by atoms with E-state index in [9.17, 15) is 4.79 Å². The van der Waals surface area contributed by atoms with Gasteiger partial charge in [0.25, 0.3) is 5.91 Å². The summed E-state index contributed by atoms with van der Waals surface area (Å²) in [4.78, 5) is 13.5. The summed E-state index contributed by atoms with van der Waals surface area (Å²) in [7, 11) is 0. The van der Waals surface area contributed by atoms with Crippen LogP contribution in [0.3, 0.4) is 0 Å². The number of nitrogens with one attached hydrogen (secondary N) is 1.